The van der Waals surface area contributed by atoms with E-state index in [4.69, 9.17) is 15.9 Å². The molecule has 43 heavy (non-hydrogen) atoms. The van der Waals surface area contributed by atoms with Gasteiger partial charge in [0.15, 0.2) is 17.4 Å². The third-order valence-electron chi connectivity index (χ3n) is 6.60. The van der Waals surface area contributed by atoms with Crippen molar-refractivity contribution in [3.63, 3.8) is 0 Å². The maximum Gasteiger partial charge on any atom is 0.348 e. The van der Waals surface area contributed by atoms with E-state index in [0.717, 1.165) is 15.8 Å². The van der Waals surface area contributed by atoms with Crippen molar-refractivity contribution in [2.45, 2.75) is 19.4 Å². The van der Waals surface area contributed by atoms with Crippen molar-refractivity contribution in [3.05, 3.63) is 117 Å². The number of hydrogen-bond donors (Lipinski definition) is 5. The van der Waals surface area contributed by atoms with Crippen molar-refractivity contribution in [1.29, 1.82) is 5.41 Å². The lowest BCUT2D eigenvalue weighted by molar-refractivity contribution is 0.0696. The van der Waals surface area contributed by atoms with Crippen molar-refractivity contribution in [1.82, 2.24) is 19.7 Å². The summed E-state index contributed by atoms with van der Waals surface area (Å²) in [5.41, 5.74) is 7.53. The number of carboxylic acid groups (broad SMARTS) is 1. The molecule has 0 aliphatic carbocycles. The summed E-state index contributed by atoms with van der Waals surface area (Å²) >= 11 is 0. The van der Waals surface area contributed by atoms with Gasteiger partial charge >= 0.3 is 11.7 Å². The lowest BCUT2D eigenvalue weighted by atomic mass is 10.00. The summed E-state index contributed by atoms with van der Waals surface area (Å²) in [6.07, 6.45) is 0.569. The number of rotatable bonds is 13. The SMILES string of the molecule is C=C(COc1cc(CC)cc(C(Nc2ccc(C(=N)N)cc2)c2nn(-c3ccccc3C(=O)O)c(=O)[nH]2)c1F)CN(C)C. The quantitative estimate of drug-likeness (QED) is 0.0892. The van der Waals surface area contributed by atoms with Crippen LogP contribution in [0.2, 0.25) is 0 Å². The highest BCUT2D eigenvalue weighted by atomic mass is 19.1. The number of para-hydroxylation sites is 1. The Morgan fingerprint density at radius 3 is 2.56 bits per heavy atom. The van der Waals surface area contributed by atoms with Crippen molar-refractivity contribution < 1.29 is 19.0 Å². The summed E-state index contributed by atoms with van der Waals surface area (Å²) in [7, 11) is 3.80. The van der Waals surface area contributed by atoms with Gasteiger partial charge in [0.1, 0.15) is 18.5 Å². The minimum Gasteiger partial charge on any atom is -0.486 e. The zero-order valence-electron chi connectivity index (χ0n) is 24.1. The van der Waals surface area contributed by atoms with Gasteiger partial charge in [-0.05, 0) is 74.1 Å². The Hall–Kier alpha value is -5.23. The third kappa shape index (κ3) is 7.16. The van der Waals surface area contributed by atoms with Crippen LogP contribution in [0.3, 0.4) is 0 Å². The highest BCUT2D eigenvalue weighted by Crippen LogP contribution is 2.33. The Morgan fingerprint density at radius 1 is 1.23 bits per heavy atom. The summed E-state index contributed by atoms with van der Waals surface area (Å²) < 4.78 is 23.1. The van der Waals surface area contributed by atoms with Crippen molar-refractivity contribution in [2.75, 3.05) is 32.6 Å². The Labute approximate surface area is 247 Å². The number of nitrogens with one attached hydrogen (secondary N) is 3. The molecule has 0 saturated heterocycles. The molecular formula is C31H34FN7O4. The first kappa shape index (κ1) is 30.7. The van der Waals surface area contributed by atoms with Crippen LogP contribution in [0.5, 0.6) is 5.75 Å². The zero-order valence-corrected chi connectivity index (χ0v) is 24.1. The number of carbonyl (C=O) groups is 1. The molecule has 11 nitrogen and oxygen atoms in total. The van der Waals surface area contributed by atoms with Gasteiger partial charge in [-0.3, -0.25) is 10.4 Å². The molecule has 0 saturated carbocycles. The van der Waals surface area contributed by atoms with Crippen molar-refractivity contribution in [3.8, 4) is 11.4 Å². The number of ether oxygens (including phenoxy) is 1. The minimum absolute atomic E-state index is 0.0194. The van der Waals surface area contributed by atoms with Crippen LogP contribution in [-0.2, 0) is 6.42 Å². The van der Waals surface area contributed by atoms with Crippen molar-refractivity contribution in [2.24, 2.45) is 5.73 Å². The maximum atomic E-state index is 16.3. The molecule has 0 aliphatic heterocycles. The first-order valence-corrected chi connectivity index (χ1v) is 13.5. The highest BCUT2D eigenvalue weighted by Gasteiger charge is 2.27. The number of hydrogen-bond acceptors (Lipinski definition) is 7. The van der Waals surface area contributed by atoms with Gasteiger partial charge in [-0.1, -0.05) is 31.7 Å². The molecule has 0 bridgehead atoms. The maximum absolute atomic E-state index is 16.3. The standard InChI is InChI=1S/C31H34FN7O4/c1-5-19-14-23(26(32)25(15-19)43-17-18(2)16-38(3)4)27(35-21-12-10-20(11-13-21)28(33)34)29-36-31(42)39(37-29)24-9-7-6-8-22(24)30(40)41/h6-15,27,35H,2,5,16-17H2,1,3-4H3,(H3,33,34)(H,40,41)(H,36,37,42). The van der Waals surface area contributed by atoms with E-state index in [2.05, 4.69) is 22.0 Å². The second kappa shape index (κ2) is 13.2. The van der Waals surface area contributed by atoms with Gasteiger partial charge in [0.2, 0.25) is 0 Å². The van der Waals surface area contributed by atoms with E-state index in [9.17, 15) is 14.7 Å². The van der Waals surface area contributed by atoms with E-state index in [1.165, 1.54) is 12.1 Å². The zero-order chi connectivity index (χ0) is 31.3. The summed E-state index contributed by atoms with van der Waals surface area (Å²) in [5, 5.41) is 25.0. The van der Waals surface area contributed by atoms with Crippen LogP contribution in [0, 0.1) is 11.2 Å². The molecule has 0 aliphatic rings. The van der Waals surface area contributed by atoms with Gasteiger partial charge in [-0.2, -0.15) is 4.68 Å². The number of carboxylic acids is 1. The second-order valence-electron chi connectivity index (χ2n) is 10.2. The number of nitrogens with zero attached hydrogens (tertiary/aromatic N) is 3. The van der Waals surface area contributed by atoms with Crippen LogP contribution in [0.1, 0.15) is 45.8 Å². The largest absolute Gasteiger partial charge is 0.486 e. The fraction of sp³-hybridized carbons (Fsp3) is 0.226. The fourth-order valence-corrected chi connectivity index (χ4v) is 4.55. The number of aryl methyl sites for hydroxylation is 1. The number of aromatic carboxylic acids is 1. The molecule has 0 spiro atoms. The predicted molar refractivity (Wildman–Crippen MR) is 163 cm³/mol. The minimum atomic E-state index is -1.23. The van der Waals surface area contributed by atoms with Crippen LogP contribution >= 0.6 is 0 Å². The Kier molecular flexibility index (Phi) is 9.41. The summed E-state index contributed by atoms with van der Waals surface area (Å²) in [5.74, 6) is -1.94. The van der Waals surface area contributed by atoms with Crippen LogP contribution in [0.15, 0.2) is 77.6 Å². The van der Waals surface area contributed by atoms with E-state index in [0.29, 0.717) is 24.2 Å². The number of nitrogens with two attached hydrogens (primary N) is 1. The van der Waals surface area contributed by atoms with Gasteiger partial charge in [-0.25, -0.2) is 14.0 Å². The molecule has 6 N–H and O–H groups in total. The van der Waals surface area contributed by atoms with E-state index < -0.39 is 23.5 Å². The van der Waals surface area contributed by atoms with Gasteiger partial charge in [0, 0.05) is 23.4 Å². The topological polar surface area (TPSA) is 162 Å². The number of amidine groups is 1. The molecule has 0 radical (unpaired) electrons. The summed E-state index contributed by atoms with van der Waals surface area (Å²) in [6.45, 7) is 6.60. The normalized spacial score (nSPS) is 11.7. The number of aromatic nitrogens is 3. The molecule has 3 aromatic carbocycles. The van der Waals surface area contributed by atoms with Crippen LogP contribution < -0.4 is 21.5 Å². The van der Waals surface area contributed by atoms with Gasteiger partial charge < -0.3 is 25.8 Å². The first-order chi connectivity index (χ1) is 20.5. The predicted octanol–water partition coefficient (Wildman–Crippen LogP) is 3.94. The number of H-pyrrole nitrogens is 1. The Morgan fingerprint density at radius 2 is 1.93 bits per heavy atom. The number of likely N-dealkylation sites (N-methyl/N-ethyl adjacent to an activating group) is 1. The van der Waals surface area contributed by atoms with E-state index in [-0.39, 0.29) is 40.8 Å². The lowest BCUT2D eigenvalue weighted by Gasteiger charge is -2.22. The first-order valence-electron chi connectivity index (χ1n) is 13.5. The molecule has 4 rings (SSSR count). The van der Waals surface area contributed by atoms with Crippen LogP contribution in [-0.4, -0.2) is 63.8 Å². The summed E-state index contributed by atoms with van der Waals surface area (Å²) in [4.78, 5) is 29.6. The third-order valence-corrected chi connectivity index (χ3v) is 6.60. The molecule has 1 heterocycles. The molecule has 4 aromatic rings. The molecular weight excluding hydrogens is 553 g/mol. The Balaban J connectivity index is 1.84. The molecule has 0 fully saturated rings. The van der Waals surface area contributed by atoms with E-state index in [1.807, 2.05) is 25.9 Å². The Bertz CT molecular complexity index is 1710. The number of aromatic amines is 1. The summed E-state index contributed by atoms with van der Waals surface area (Å²) in [6, 6.07) is 14.8. The number of nitrogen functional groups attached to an aromatic ring is 1. The van der Waals surface area contributed by atoms with E-state index in [1.54, 1.807) is 48.5 Å². The molecule has 1 unspecified atom stereocenters. The molecule has 1 atom stereocenters. The molecule has 12 heteroatoms. The van der Waals surface area contributed by atoms with Crippen LogP contribution in [0.25, 0.3) is 5.69 Å². The van der Waals surface area contributed by atoms with Gasteiger partial charge in [-0.15, -0.1) is 5.10 Å². The highest BCUT2D eigenvalue weighted by molar-refractivity contribution is 5.95. The smallest absolute Gasteiger partial charge is 0.348 e. The molecule has 224 valence electrons. The van der Waals surface area contributed by atoms with Crippen LogP contribution in [0.4, 0.5) is 10.1 Å². The number of anilines is 1. The van der Waals surface area contributed by atoms with Gasteiger partial charge in [0.05, 0.1) is 11.3 Å². The monoisotopic (exact) mass is 587 g/mol. The van der Waals surface area contributed by atoms with E-state index >= 15 is 4.39 Å². The lowest BCUT2D eigenvalue weighted by Crippen LogP contribution is -2.19. The average Bonchev–Trinajstić information content (AvgIpc) is 3.36. The molecule has 0 amide bonds. The second-order valence-corrected chi connectivity index (χ2v) is 10.2. The number of benzene rings is 3. The van der Waals surface area contributed by atoms with Gasteiger partial charge in [0.25, 0.3) is 0 Å². The molecule has 1 aromatic heterocycles. The van der Waals surface area contributed by atoms with Crippen molar-refractivity contribution >= 4 is 17.5 Å². The average molecular weight is 588 g/mol. The fourth-order valence-electron chi connectivity index (χ4n) is 4.55. The number of halogens is 1.